The fourth-order valence-corrected chi connectivity index (χ4v) is 3.84. The number of ether oxygens (including phenoxy) is 1. The van der Waals surface area contributed by atoms with E-state index in [2.05, 4.69) is 36.2 Å². The SMILES string of the molecule is CCCCCC1(c2ccc[nH]2)Oc2ccccc2S1. The second-order valence-corrected chi connectivity index (χ2v) is 6.25. The van der Waals surface area contributed by atoms with Crippen LogP contribution in [0.3, 0.4) is 0 Å². The molecule has 2 heterocycles. The molecule has 1 N–H and O–H groups in total. The Hall–Kier alpha value is -1.35. The second-order valence-electron chi connectivity index (χ2n) is 4.94. The predicted octanol–water partition coefficient (Wildman–Crippen LogP) is 4.93. The lowest BCUT2D eigenvalue weighted by Crippen LogP contribution is -2.26. The molecule has 1 aliphatic heterocycles. The number of rotatable bonds is 5. The van der Waals surface area contributed by atoms with Gasteiger partial charge in [0.1, 0.15) is 5.75 Å². The maximum Gasteiger partial charge on any atom is 0.199 e. The second kappa shape index (κ2) is 5.33. The van der Waals surface area contributed by atoms with Gasteiger partial charge in [-0.15, -0.1) is 0 Å². The Kier molecular flexibility index (Phi) is 3.56. The van der Waals surface area contributed by atoms with Crippen molar-refractivity contribution < 1.29 is 4.74 Å². The molecule has 0 aliphatic carbocycles. The van der Waals surface area contributed by atoms with Crippen molar-refractivity contribution in [1.82, 2.24) is 4.98 Å². The minimum Gasteiger partial charge on any atom is -0.469 e. The number of para-hydroxylation sites is 1. The molecule has 1 unspecified atom stereocenters. The molecular weight excluding hydrogens is 254 g/mol. The smallest absolute Gasteiger partial charge is 0.199 e. The van der Waals surface area contributed by atoms with Crippen LogP contribution in [0.4, 0.5) is 0 Å². The van der Waals surface area contributed by atoms with Crippen LogP contribution in [0, 0.1) is 0 Å². The van der Waals surface area contributed by atoms with Crippen LogP contribution in [0.5, 0.6) is 5.75 Å². The van der Waals surface area contributed by atoms with E-state index in [9.17, 15) is 0 Å². The van der Waals surface area contributed by atoms with Crippen molar-refractivity contribution in [3.05, 3.63) is 48.3 Å². The summed E-state index contributed by atoms with van der Waals surface area (Å²) in [5.74, 6) is 1.01. The molecule has 0 fully saturated rings. The number of unbranched alkanes of at least 4 members (excludes halogenated alkanes) is 2. The van der Waals surface area contributed by atoms with E-state index in [0.29, 0.717) is 0 Å². The molecule has 1 aromatic heterocycles. The number of aromatic amines is 1. The van der Waals surface area contributed by atoms with Gasteiger partial charge in [0, 0.05) is 12.6 Å². The van der Waals surface area contributed by atoms with Gasteiger partial charge in [-0.2, -0.15) is 0 Å². The maximum absolute atomic E-state index is 6.32. The normalized spacial score (nSPS) is 21.1. The number of H-pyrrole nitrogens is 1. The first-order chi connectivity index (χ1) is 9.34. The molecule has 100 valence electrons. The molecule has 3 rings (SSSR count). The summed E-state index contributed by atoms with van der Waals surface area (Å²) in [6.07, 6.45) is 6.70. The maximum atomic E-state index is 6.32. The van der Waals surface area contributed by atoms with Gasteiger partial charge in [-0.25, -0.2) is 0 Å². The van der Waals surface area contributed by atoms with E-state index in [-0.39, 0.29) is 4.93 Å². The molecule has 19 heavy (non-hydrogen) atoms. The van der Waals surface area contributed by atoms with Gasteiger partial charge < -0.3 is 9.72 Å². The summed E-state index contributed by atoms with van der Waals surface area (Å²) >= 11 is 1.84. The van der Waals surface area contributed by atoms with Gasteiger partial charge in [0.2, 0.25) is 0 Å². The van der Waals surface area contributed by atoms with Crippen molar-refractivity contribution in [2.75, 3.05) is 0 Å². The minimum absolute atomic E-state index is 0.262. The van der Waals surface area contributed by atoms with Crippen LogP contribution in [0.25, 0.3) is 0 Å². The number of thioether (sulfide) groups is 1. The number of fused-ring (bicyclic) bond motifs is 1. The molecule has 0 radical (unpaired) electrons. The van der Waals surface area contributed by atoms with Crippen LogP contribution in [-0.4, -0.2) is 4.98 Å². The summed E-state index contributed by atoms with van der Waals surface area (Å²) in [6, 6.07) is 12.5. The van der Waals surface area contributed by atoms with Gasteiger partial charge in [0.25, 0.3) is 0 Å². The number of aromatic nitrogens is 1. The van der Waals surface area contributed by atoms with Gasteiger partial charge in [-0.3, -0.25) is 0 Å². The molecule has 3 heteroatoms. The summed E-state index contributed by atoms with van der Waals surface area (Å²) in [4.78, 5) is 4.32. The van der Waals surface area contributed by atoms with Crippen molar-refractivity contribution in [1.29, 1.82) is 0 Å². The zero-order valence-corrected chi connectivity index (χ0v) is 12.0. The molecule has 0 spiro atoms. The highest BCUT2D eigenvalue weighted by Gasteiger charge is 2.42. The lowest BCUT2D eigenvalue weighted by molar-refractivity contribution is 0.155. The summed E-state index contributed by atoms with van der Waals surface area (Å²) in [5, 5.41) is 0. The van der Waals surface area contributed by atoms with Crippen LogP contribution >= 0.6 is 11.8 Å². The highest BCUT2D eigenvalue weighted by molar-refractivity contribution is 8.00. The Balaban J connectivity index is 1.88. The average Bonchev–Trinajstić information content (AvgIpc) is 3.07. The molecule has 1 atom stereocenters. The molecule has 1 aromatic carbocycles. The van der Waals surface area contributed by atoms with Gasteiger partial charge in [0.15, 0.2) is 4.93 Å². The van der Waals surface area contributed by atoms with Crippen molar-refractivity contribution in [2.24, 2.45) is 0 Å². The number of hydrogen-bond acceptors (Lipinski definition) is 2. The third-order valence-electron chi connectivity index (χ3n) is 3.52. The summed E-state index contributed by atoms with van der Waals surface area (Å²) in [6.45, 7) is 2.23. The van der Waals surface area contributed by atoms with E-state index in [1.165, 1.54) is 29.9 Å². The number of benzene rings is 1. The predicted molar refractivity (Wildman–Crippen MR) is 79.5 cm³/mol. The monoisotopic (exact) mass is 273 g/mol. The van der Waals surface area contributed by atoms with Crippen LogP contribution in [-0.2, 0) is 4.93 Å². The van der Waals surface area contributed by atoms with Crippen molar-refractivity contribution in [2.45, 2.75) is 42.4 Å². The molecule has 0 bridgehead atoms. The Bertz CT molecular complexity index is 510. The molecule has 1 aliphatic rings. The van der Waals surface area contributed by atoms with E-state index in [4.69, 9.17) is 4.74 Å². The summed E-state index contributed by atoms with van der Waals surface area (Å²) in [5.41, 5.74) is 1.17. The number of hydrogen-bond donors (Lipinski definition) is 1. The molecule has 2 nitrogen and oxygen atoms in total. The standard InChI is InChI=1S/C16H19NOS/c1-2-3-6-11-16(15-10-7-12-17-15)18-13-8-4-5-9-14(13)19-16/h4-5,7-10,12,17H,2-3,6,11H2,1H3. The van der Waals surface area contributed by atoms with Crippen LogP contribution in [0.2, 0.25) is 0 Å². The van der Waals surface area contributed by atoms with E-state index >= 15 is 0 Å². The van der Waals surface area contributed by atoms with Gasteiger partial charge >= 0.3 is 0 Å². The largest absolute Gasteiger partial charge is 0.469 e. The van der Waals surface area contributed by atoms with E-state index in [1.54, 1.807) is 0 Å². The topological polar surface area (TPSA) is 25.0 Å². The summed E-state index contributed by atoms with van der Waals surface area (Å²) < 4.78 is 6.32. The first-order valence-corrected chi connectivity index (χ1v) is 7.77. The average molecular weight is 273 g/mol. The first-order valence-electron chi connectivity index (χ1n) is 6.95. The van der Waals surface area contributed by atoms with Crippen molar-refractivity contribution in [3.8, 4) is 5.75 Å². The molecule has 2 aromatic rings. The van der Waals surface area contributed by atoms with Gasteiger partial charge in [-0.1, -0.05) is 43.7 Å². The molecule has 0 saturated carbocycles. The Morgan fingerprint density at radius 1 is 1.16 bits per heavy atom. The molecule has 0 saturated heterocycles. The van der Waals surface area contributed by atoms with E-state index in [1.807, 2.05) is 30.1 Å². The lowest BCUT2D eigenvalue weighted by Gasteiger charge is -2.27. The Morgan fingerprint density at radius 3 is 2.79 bits per heavy atom. The fraction of sp³-hybridized carbons (Fsp3) is 0.375. The summed E-state index contributed by atoms with van der Waals surface area (Å²) in [7, 11) is 0. The number of nitrogens with one attached hydrogen (secondary N) is 1. The molecular formula is C16H19NOS. The Morgan fingerprint density at radius 2 is 2.05 bits per heavy atom. The zero-order valence-electron chi connectivity index (χ0n) is 11.2. The van der Waals surface area contributed by atoms with Gasteiger partial charge in [-0.05, 0) is 30.7 Å². The highest BCUT2D eigenvalue weighted by atomic mass is 32.2. The third kappa shape index (κ3) is 2.39. The minimum atomic E-state index is -0.262. The highest BCUT2D eigenvalue weighted by Crippen LogP contribution is 2.54. The first kappa shape index (κ1) is 12.7. The van der Waals surface area contributed by atoms with Gasteiger partial charge in [0.05, 0.1) is 10.6 Å². The van der Waals surface area contributed by atoms with Crippen LogP contribution in [0.15, 0.2) is 47.5 Å². The lowest BCUT2D eigenvalue weighted by atomic mass is 10.1. The molecule has 0 amide bonds. The van der Waals surface area contributed by atoms with E-state index in [0.717, 1.165) is 12.2 Å². The zero-order chi connectivity index (χ0) is 13.1. The van der Waals surface area contributed by atoms with Crippen LogP contribution < -0.4 is 4.74 Å². The van der Waals surface area contributed by atoms with E-state index < -0.39 is 0 Å². The third-order valence-corrected chi connectivity index (χ3v) is 4.91. The van der Waals surface area contributed by atoms with Crippen molar-refractivity contribution >= 4 is 11.8 Å². The quantitative estimate of drug-likeness (QED) is 0.781. The van der Waals surface area contributed by atoms with Crippen molar-refractivity contribution in [3.63, 3.8) is 0 Å². The Labute approximate surface area is 118 Å². The van der Waals surface area contributed by atoms with Crippen LogP contribution in [0.1, 0.15) is 38.3 Å². The fourth-order valence-electron chi connectivity index (χ4n) is 2.52.